The fourth-order valence-corrected chi connectivity index (χ4v) is 10.5. The summed E-state index contributed by atoms with van der Waals surface area (Å²) < 4.78 is 77.9. The second-order valence-corrected chi connectivity index (χ2v) is 25.0. The maximum absolute atomic E-state index is 14.3. The van der Waals surface area contributed by atoms with Gasteiger partial charge in [-0.1, -0.05) is 12.1 Å². The number of rotatable bonds is 17. The number of ether oxygens (including phenoxy) is 8. The summed E-state index contributed by atoms with van der Waals surface area (Å²) in [6, 6.07) is 5.49. The highest BCUT2D eigenvalue weighted by Gasteiger charge is 2.55. The minimum Gasteiger partial charge on any atom is -0.465 e. The summed E-state index contributed by atoms with van der Waals surface area (Å²) in [4.78, 5) is 92.1. The van der Waals surface area contributed by atoms with E-state index in [1.165, 1.54) is 56.4 Å². The summed E-state index contributed by atoms with van der Waals surface area (Å²) in [7, 11) is -3.39. The summed E-state index contributed by atoms with van der Waals surface area (Å²) in [5.41, 5.74) is -4.65. The third-order valence-electron chi connectivity index (χ3n) is 12.8. The molecule has 0 radical (unpaired) electrons. The summed E-state index contributed by atoms with van der Waals surface area (Å²) in [5, 5.41) is 55.2. The topological polar surface area (TPSA) is 369 Å². The zero-order chi connectivity index (χ0) is 60.2. The Balaban J connectivity index is 1.33. The van der Waals surface area contributed by atoms with Gasteiger partial charge in [-0.3, -0.25) is 24.6 Å². The first kappa shape index (κ1) is 63.5. The number of likely N-dealkylation sites (N-methyl/N-ethyl adjacent to an activating group) is 1. The van der Waals surface area contributed by atoms with Gasteiger partial charge in [0.2, 0.25) is 16.3 Å². The van der Waals surface area contributed by atoms with E-state index in [1.807, 2.05) is 0 Å². The number of nitro groups is 1. The SMILES string of the molecule is CN(C(=O)OC(C)(C)C)[C@@H]1[C@@H](O)[C@@H](O[C@@H]2[C@@H](O)[C@H](O[C@H]3OC(CNC(=O)OCc4ccc([N+](=O)[O-])cc4)=CC[C@H]3NC(=O)OC(C)(C)C)[C@@H](NC(=O)OC(C)(C)C)C[C@H]2NS(=O)(=O)CCN2C(=O)c3ccccc3C2=O)OC[C@]1(C)O. The number of nitrogens with zero attached hydrogens (tertiary/aromatic N) is 3. The number of carbonyl (C=O) groups is 6. The Labute approximate surface area is 468 Å². The largest absolute Gasteiger partial charge is 0.465 e. The van der Waals surface area contributed by atoms with Crippen molar-refractivity contribution in [2.24, 2.45) is 0 Å². The van der Waals surface area contributed by atoms with E-state index in [9.17, 15) is 62.6 Å². The van der Waals surface area contributed by atoms with Gasteiger partial charge in [-0.05, 0) is 118 Å². The number of non-ortho nitro benzene ring substituents is 1. The first-order valence-corrected chi connectivity index (χ1v) is 27.6. The van der Waals surface area contributed by atoms with Gasteiger partial charge in [-0.2, -0.15) is 0 Å². The van der Waals surface area contributed by atoms with E-state index in [2.05, 4.69) is 20.7 Å². The van der Waals surface area contributed by atoms with E-state index in [-0.39, 0.29) is 42.1 Å². The molecule has 11 atom stereocenters. The van der Waals surface area contributed by atoms with Gasteiger partial charge >= 0.3 is 24.4 Å². The van der Waals surface area contributed by atoms with Gasteiger partial charge in [0.25, 0.3) is 17.5 Å². The molecule has 1 aliphatic carbocycles. The molecule has 6 amide bonds. The molecule has 6 rings (SSSR count). The van der Waals surface area contributed by atoms with Crippen molar-refractivity contribution < 1.29 is 95.3 Å². The van der Waals surface area contributed by atoms with Gasteiger partial charge in [0.05, 0.1) is 59.1 Å². The predicted octanol–water partition coefficient (Wildman–Crippen LogP) is 3.06. The van der Waals surface area contributed by atoms with Crippen molar-refractivity contribution in [3.63, 3.8) is 0 Å². The molecule has 0 unspecified atom stereocenters. The lowest BCUT2D eigenvalue weighted by atomic mass is 9.83. The molecule has 448 valence electrons. The number of sulfonamides is 1. The van der Waals surface area contributed by atoms with Crippen LogP contribution in [0.2, 0.25) is 0 Å². The van der Waals surface area contributed by atoms with Crippen molar-refractivity contribution in [1.82, 2.24) is 30.5 Å². The van der Waals surface area contributed by atoms with Gasteiger partial charge in [0, 0.05) is 25.7 Å². The Morgan fingerprint density at radius 2 is 1.35 bits per heavy atom. The molecule has 0 spiro atoms. The average molecular weight is 1160 g/mol. The number of aliphatic hydroxyl groups is 3. The molecule has 4 aliphatic rings. The number of benzene rings is 2. The standard InChI is InChI=1S/C52H73N7O21S/c1-49(2,3)78-46(65)54-33-21-20-30(25-53-45(64)73-26-28-16-18-29(19-17-28)59(69)70)75-43(33)76-38-34(55-47(66)79-50(4,5)6)24-35(56-81(71,72)23-22-58-41(62)31-14-12-13-15-32(31)42(58)63)39(36(38)60)77-44-37(61)40(52(10,68)27-74-44)57(11)48(67)80-51(7,8)9/h12-20,33-40,43-44,56,60-61,68H,21-27H2,1-11H3,(H,53,64)(H,54,65)(H,55,66)/t33-,34+,35-,36+,37-,38-,39+,40-,43-,44-,52+/m1/s1. The average Bonchev–Trinajstić information content (AvgIpc) is 3.72. The van der Waals surface area contributed by atoms with Crippen LogP contribution in [0.4, 0.5) is 24.9 Å². The predicted molar refractivity (Wildman–Crippen MR) is 282 cm³/mol. The van der Waals surface area contributed by atoms with Crippen LogP contribution in [0, 0.1) is 10.1 Å². The highest BCUT2D eigenvalue weighted by Crippen LogP contribution is 2.35. The number of nitrogens with one attached hydrogen (secondary N) is 4. The minimum atomic E-state index is -4.64. The Morgan fingerprint density at radius 1 is 0.802 bits per heavy atom. The van der Waals surface area contributed by atoms with Gasteiger partial charge in [-0.25, -0.2) is 32.3 Å². The summed E-state index contributed by atoms with van der Waals surface area (Å²) in [6.45, 7) is 13.8. The molecule has 2 aromatic rings. The zero-order valence-corrected chi connectivity index (χ0v) is 47.7. The summed E-state index contributed by atoms with van der Waals surface area (Å²) in [6.07, 6.45) is -14.1. The molecular weight excluding hydrogens is 1090 g/mol. The van der Waals surface area contributed by atoms with Crippen molar-refractivity contribution >= 4 is 51.9 Å². The molecule has 0 bridgehead atoms. The number of nitro benzene ring substituents is 1. The van der Waals surface area contributed by atoms with Crippen LogP contribution >= 0.6 is 0 Å². The van der Waals surface area contributed by atoms with Crippen LogP contribution in [-0.2, 0) is 54.5 Å². The minimum absolute atomic E-state index is 0.0407. The maximum atomic E-state index is 14.3. The molecule has 0 aromatic heterocycles. The number of fused-ring (bicyclic) bond motifs is 1. The van der Waals surface area contributed by atoms with Crippen LogP contribution in [0.3, 0.4) is 0 Å². The third-order valence-corrected chi connectivity index (χ3v) is 14.1. The number of carbonyl (C=O) groups excluding carboxylic acids is 6. The molecule has 3 heterocycles. The Morgan fingerprint density at radius 3 is 1.90 bits per heavy atom. The Hall–Kier alpha value is -6.73. The number of hydrogen-bond acceptors (Lipinski definition) is 21. The van der Waals surface area contributed by atoms with Gasteiger partial charge in [0.15, 0.2) is 6.29 Å². The molecule has 28 nitrogen and oxygen atoms in total. The highest BCUT2D eigenvalue weighted by molar-refractivity contribution is 7.89. The van der Waals surface area contributed by atoms with Gasteiger partial charge < -0.3 is 74.1 Å². The summed E-state index contributed by atoms with van der Waals surface area (Å²) >= 11 is 0. The summed E-state index contributed by atoms with van der Waals surface area (Å²) in [5.74, 6) is -2.30. The lowest BCUT2D eigenvalue weighted by Gasteiger charge is -2.50. The first-order chi connectivity index (χ1) is 37.5. The van der Waals surface area contributed by atoms with Crippen LogP contribution in [0.25, 0.3) is 0 Å². The van der Waals surface area contributed by atoms with Gasteiger partial charge in [-0.15, -0.1) is 0 Å². The second kappa shape index (κ2) is 25.2. The molecule has 7 N–H and O–H groups in total. The quantitative estimate of drug-likeness (QED) is 0.0518. The van der Waals surface area contributed by atoms with Crippen LogP contribution in [0.15, 0.2) is 60.4 Å². The van der Waals surface area contributed by atoms with E-state index >= 15 is 0 Å². The number of alkyl carbamates (subject to hydrolysis) is 3. The van der Waals surface area contributed by atoms with Gasteiger partial charge in [0.1, 0.15) is 59.2 Å². The van der Waals surface area contributed by atoms with Crippen LogP contribution in [0.1, 0.15) is 108 Å². The fourth-order valence-electron chi connectivity index (χ4n) is 9.23. The number of aliphatic hydroxyl groups excluding tert-OH is 2. The van der Waals surface area contributed by atoms with Crippen LogP contribution in [-0.4, -0.2) is 191 Å². The van der Waals surface area contributed by atoms with Crippen LogP contribution in [0.5, 0.6) is 0 Å². The van der Waals surface area contributed by atoms with E-state index in [1.54, 1.807) is 74.4 Å². The third kappa shape index (κ3) is 17.2. The smallest absolute Gasteiger partial charge is 0.410 e. The second-order valence-electron chi connectivity index (χ2n) is 23.1. The maximum Gasteiger partial charge on any atom is 0.410 e. The zero-order valence-electron chi connectivity index (χ0n) is 46.9. The lowest BCUT2D eigenvalue weighted by molar-refractivity contribution is -0.384. The molecule has 2 fully saturated rings. The van der Waals surface area contributed by atoms with E-state index < -0.39 is 160 Å². The molecular formula is C52H73N7O21S. The molecule has 29 heteroatoms. The van der Waals surface area contributed by atoms with Crippen molar-refractivity contribution in [1.29, 1.82) is 0 Å². The number of imide groups is 1. The number of hydrogen-bond donors (Lipinski definition) is 7. The van der Waals surface area contributed by atoms with E-state index in [4.69, 9.17) is 37.9 Å². The normalized spacial score (nSPS) is 26.9. The molecule has 1 saturated heterocycles. The fraction of sp³-hybridized carbons (Fsp3) is 0.615. The monoisotopic (exact) mass is 1160 g/mol. The van der Waals surface area contributed by atoms with Crippen molar-refractivity contribution in [2.45, 2.75) is 172 Å². The van der Waals surface area contributed by atoms with E-state index in [0.29, 0.717) is 5.56 Å². The van der Waals surface area contributed by atoms with Crippen molar-refractivity contribution in [3.8, 4) is 0 Å². The molecule has 3 aliphatic heterocycles. The molecule has 2 aromatic carbocycles. The lowest BCUT2D eigenvalue weighted by Crippen LogP contribution is -2.70. The van der Waals surface area contributed by atoms with Crippen molar-refractivity contribution in [3.05, 3.63) is 87.2 Å². The molecule has 1 saturated carbocycles. The molecule has 81 heavy (non-hydrogen) atoms. The number of amides is 6. The van der Waals surface area contributed by atoms with Crippen molar-refractivity contribution in [2.75, 3.05) is 32.5 Å². The van der Waals surface area contributed by atoms with E-state index in [0.717, 1.165) is 9.80 Å². The Bertz CT molecular complexity index is 2760. The Kier molecular flexibility index (Phi) is 19.7. The van der Waals surface area contributed by atoms with Crippen LogP contribution < -0.4 is 20.7 Å². The first-order valence-electron chi connectivity index (χ1n) is 25.9. The highest BCUT2D eigenvalue weighted by atomic mass is 32.2.